The molecule has 62 valence electrons. The molecule has 0 radical (unpaired) electrons. The molecule has 0 spiro atoms. The third-order valence-corrected chi connectivity index (χ3v) is 1.88. The van der Waals surface area contributed by atoms with Crippen molar-refractivity contribution in [2.24, 2.45) is 0 Å². The van der Waals surface area contributed by atoms with E-state index in [4.69, 9.17) is 16.6 Å². The summed E-state index contributed by atoms with van der Waals surface area (Å²) in [5.41, 5.74) is 1.05. The molecule has 1 aliphatic rings. The lowest BCUT2D eigenvalue weighted by Gasteiger charge is -2.12. The van der Waals surface area contributed by atoms with Crippen molar-refractivity contribution in [1.82, 2.24) is 0 Å². The lowest BCUT2D eigenvalue weighted by Crippen LogP contribution is -1.99. The Morgan fingerprint density at radius 1 is 1.42 bits per heavy atom. The SMILES string of the molecule is ClOc1ccc2c(c1)OCC=C2. The second-order valence-corrected chi connectivity index (χ2v) is 2.64. The van der Waals surface area contributed by atoms with Gasteiger partial charge in [-0.2, -0.15) is 0 Å². The molecule has 0 saturated carbocycles. The average molecular weight is 183 g/mol. The first-order chi connectivity index (χ1) is 5.90. The Morgan fingerprint density at radius 3 is 3.17 bits per heavy atom. The molecule has 0 unspecified atom stereocenters. The van der Waals surface area contributed by atoms with Crippen LogP contribution in [-0.2, 0) is 0 Å². The molecule has 0 amide bonds. The number of halogens is 1. The highest BCUT2D eigenvalue weighted by Gasteiger charge is 2.06. The molecule has 0 fully saturated rings. The Hall–Kier alpha value is -1.15. The Morgan fingerprint density at radius 2 is 2.33 bits per heavy atom. The van der Waals surface area contributed by atoms with E-state index in [1.54, 1.807) is 12.1 Å². The van der Waals surface area contributed by atoms with Gasteiger partial charge in [0, 0.05) is 11.6 Å². The van der Waals surface area contributed by atoms with Crippen molar-refractivity contribution in [3.05, 3.63) is 29.8 Å². The van der Waals surface area contributed by atoms with E-state index >= 15 is 0 Å². The van der Waals surface area contributed by atoms with Crippen LogP contribution in [-0.4, -0.2) is 6.61 Å². The minimum atomic E-state index is 0.603. The zero-order valence-corrected chi connectivity index (χ0v) is 7.04. The van der Waals surface area contributed by atoms with Gasteiger partial charge in [-0.1, -0.05) is 6.08 Å². The van der Waals surface area contributed by atoms with Crippen LogP contribution in [0.1, 0.15) is 5.56 Å². The molecule has 0 bridgehead atoms. The fraction of sp³-hybridized carbons (Fsp3) is 0.111. The maximum Gasteiger partial charge on any atom is 0.150 e. The smallest absolute Gasteiger partial charge is 0.150 e. The van der Waals surface area contributed by atoms with Gasteiger partial charge in [-0.15, -0.1) is 0 Å². The van der Waals surface area contributed by atoms with E-state index in [0.29, 0.717) is 12.4 Å². The van der Waals surface area contributed by atoms with Crippen molar-refractivity contribution >= 4 is 17.9 Å². The second kappa shape index (κ2) is 3.07. The quantitative estimate of drug-likeness (QED) is 0.665. The van der Waals surface area contributed by atoms with Crippen LogP contribution in [0.5, 0.6) is 11.5 Å². The van der Waals surface area contributed by atoms with Gasteiger partial charge in [0.2, 0.25) is 0 Å². The fourth-order valence-electron chi connectivity index (χ4n) is 1.14. The Kier molecular flexibility index (Phi) is 1.92. The van der Waals surface area contributed by atoms with Crippen molar-refractivity contribution < 1.29 is 9.03 Å². The van der Waals surface area contributed by atoms with Gasteiger partial charge in [-0.25, -0.2) is 0 Å². The molecule has 0 aliphatic carbocycles. The maximum absolute atomic E-state index is 5.34. The van der Waals surface area contributed by atoms with Gasteiger partial charge in [0.1, 0.15) is 30.0 Å². The van der Waals surface area contributed by atoms with Crippen LogP contribution >= 0.6 is 11.9 Å². The third kappa shape index (κ3) is 1.25. The largest absolute Gasteiger partial charge is 0.489 e. The van der Waals surface area contributed by atoms with Gasteiger partial charge in [-0.05, 0) is 18.2 Å². The van der Waals surface area contributed by atoms with E-state index in [9.17, 15) is 0 Å². The van der Waals surface area contributed by atoms with Crippen LogP contribution in [0.4, 0.5) is 0 Å². The van der Waals surface area contributed by atoms with Gasteiger partial charge in [0.15, 0.2) is 0 Å². The van der Waals surface area contributed by atoms with Crippen molar-refractivity contribution in [1.29, 1.82) is 0 Å². The Balaban J connectivity index is 2.44. The van der Waals surface area contributed by atoms with Crippen molar-refractivity contribution in [3.8, 4) is 11.5 Å². The number of hydrogen-bond acceptors (Lipinski definition) is 2. The highest BCUT2D eigenvalue weighted by molar-refractivity contribution is 6.09. The van der Waals surface area contributed by atoms with Gasteiger partial charge >= 0.3 is 0 Å². The normalized spacial score (nSPS) is 13.4. The minimum absolute atomic E-state index is 0.603. The lowest BCUT2D eigenvalue weighted by molar-refractivity contribution is 0.357. The van der Waals surface area contributed by atoms with Gasteiger partial charge in [0.05, 0.1) is 0 Å². The molecule has 1 aliphatic heterocycles. The maximum atomic E-state index is 5.34. The molecule has 1 aromatic carbocycles. The van der Waals surface area contributed by atoms with Crippen molar-refractivity contribution in [2.75, 3.05) is 6.61 Å². The topological polar surface area (TPSA) is 18.5 Å². The van der Waals surface area contributed by atoms with Crippen molar-refractivity contribution in [2.45, 2.75) is 0 Å². The third-order valence-electron chi connectivity index (χ3n) is 1.71. The first kappa shape index (κ1) is 7.50. The van der Waals surface area contributed by atoms with Crippen LogP contribution in [0.15, 0.2) is 24.3 Å². The van der Waals surface area contributed by atoms with E-state index in [1.165, 1.54) is 0 Å². The minimum Gasteiger partial charge on any atom is -0.489 e. The molecule has 0 aromatic heterocycles. The number of hydrogen-bond donors (Lipinski definition) is 0. The molecule has 12 heavy (non-hydrogen) atoms. The summed E-state index contributed by atoms with van der Waals surface area (Å²) in [6, 6.07) is 5.47. The van der Waals surface area contributed by atoms with Crippen LogP contribution in [0.2, 0.25) is 0 Å². The molecule has 0 saturated heterocycles. The first-order valence-electron chi connectivity index (χ1n) is 3.62. The van der Waals surface area contributed by atoms with Crippen LogP contribution in [0, 0.1) is 0 Å². The number of benzene rings is 1. The summed E-state index contributed by atoms with van der Waals surface area (Å²) >= 11 is 5.20. The summed E-state index contributed by atoms with van der Waals surface area (Å²) in [5.74, 6) is 1.42. The molecular weight excluding hydrogens is 176 g/mol. The summed E-state index contributed by atoms with van der Waals surface area (Å²) in [6.07, 6.45) is 3.97. The molecule has 3 heteroatoms. The number of rotatable bonds is 1. The average Bonchev–Trinajstić information content (AvgIpc) is 2.17. The second-order valence-electron chi connectivity index (χ2n) is 2.49. The fourth-order valence-corrected chi connectivity index (χ4v) is 1.23. The summed E-state index contributed by atoms with van der Waals surface area (Å²) < 4.78 is 9.89. The molecule has 0 N–H and O–H groups in total. The van der Waals surface area contributed by atoms with Crippen LogP contribution in [0.3, 0.4) is 0 Å². The summed E-state index contributed by atoms with van der Waals surface area (Å²) in [6.45, 7) is 0.610. The highest BCUT2D eigenvalue weighted by atomic mass is 35.5. The van der Waals surface area contributed by atoms with E-state index < -0.39 is 0 Å². The van der Waals surface area contributed by atoms with E-state index in [0.717, 1.165) is 11.3 Å². The molecule has 2 nitrogen and oxygen atoms in total. The van der Waals surface area contributed by atoms with Gasteiger partial charge < -0.3 is 9.03 Å². The molecular formula is C9H7ClO2. The predicted molar refractivity (Wildman–Crippen MR) is 47.5 cm³/mol. The van der Waals surface area contributed by atoms with Crippen molar-refractivity contribution in [3.63, 3.8) is 0 Å². The Bertz CT molecular complexity index is 320. The molecule has 0 atom stereocenters. The Labute approximate surface area is 75.5 Å². The van der Waals surface area contributed by atoms with Gasteiger partial charge in [0.25, 0.3) is 0 Å². The first-order valence-corrected chi connectivity index (χ1v) is 3.93. The summed E-state index contributed by atoms with van der Waals surface area (Å²) in [7, 11) is 0. The molecule has 1 heterocycles. The molecule has 2 rings (SSSR count). The zero-order valence-electron chi connectivity index (χ0n) is 6.29. The predicted octanol–water partition coefficient (Wildman–Crippen LogP) is 2.62. The molecule has 1 aromatic rings. The van der Waals surface area contributed by atoms with Crippen LogP contribution in [0.25, 0.3) is 6.08 Å². The monoisotopic (exact) mass is 182 g/mol. The number of fused-ring (bicyclic) bond motifs is 1. The highest BCUT2D eigenvalue weighted by Crippen LogP contribution is 2.28. The van der Waals surface area contributed by atoms with E-state index in [1.807, 2.05) is 18.2 Å². The van der Waals surface area contributed by atoms with E-state index in [2.05, 4.69) is 4.29 Å². The standard InChI is InChI=1S/C9H7ClO2/c10-12-8-4-3-7-2-1-5-11-9(7)6-8/h1-4,6H,5H2. The zero-order chi connectivity index (χ0) is 8.39. The van der Waals surface area contributed by atoms with Gasteiger partial charge in [-0.3, -0.25) is 0 Å². The summed E-state index contributed by atoms with van der Waals surface area (Å²) in [4.78, 5) is 0. The lowest BCUT2D eigenvalue weighted by atomic mass is 10.1. The number of ether oxygens (including phenoxy) is 1. The van der Waals surface area contributed by atoms with E-state index in [-0.39, 0.29) is 0 Å². The summed E-state index contributed by atoms with van der Waals surface area (Å²) in [5, 5.41) is 0. The van der Waals surface area contributed by atoms with Crippen LogP contribution < -0.4 is 9.03 Å².